The first-order valence-corrected chi connectivity index (χ1v) is 14.8. The average molecular weight is 526 g/mol. The topological polar surface area (TPSA) is 97.2 Å². The number of hydrogen-bond acceptors (Lipinski definition) is 6. The summed E-state index contributed by atoms with van der Waals surface area (Å²) in [6.45, 7) is 6.34. The first kappa shape index (κ1) is 27.3. The van der Waals surface area contributed by atoms with Crippen molar-refractivity contribution in [1.82, 2.24) is 19.3 Å². The smallest absolute Gasteiger partial charge is 0.239 e. The van der Waals surface area contributed by atoms with Gasteiger partial charge in [-0.15, -0.1) is 0 Å². The van der Waals surface area contributed by atoms with E-state index in [0.717, 1.165) is 48.9 Å². The molecular weight excluding hydrogens is 486 g/mol. The molecule has 1 saturated carbocycles. The molecule has 2 heterocycles. The van der Waals surface area contributed by atoms with Crippen molar-refractivity contribution in [3.63, 3.8) is 0 Å². The van der Waals surface area contributed by atoms with Gasteiger partial charge in [0.15, 0.2) is 5.65 Å². The van der Waals surface area contributed by atoms with Crippen molar-refractivity contribution in [2.24, 2.45) is 11.8 Å². The number of fused-ring (bicyclic) bond motifs is 1. The van der Waals surface area contributed by atoms with E-state index >= 15 is 0 Å². The number of sulfonamides is 1. The normalized spacial score (nSPS) is 19.3. The van der Waals surface area contributed by atoms with Gasteiger partial charge in [0.1, 0.15) is 12.1 Å². The van der Waals surface area contributed by atoms with E-state index in [1.165, 1.54) is 18.9 Å². The molecule has 1 fully saturated rings. The SMILES string of the molecule is CNS(=O)(=O)C[C@H]1CC[C@H](N(C)c2ncnc3c2ccn3C(=O)[C@@H](C)c2ccc(CC(C)C)cc2)CC1. The summed E-state index contributed by atoms with van der Waals surface area (Å²) in [6, 6.07) is 10.5. The molecule has 0 unspecified atom stereocenters. The Morgan fingerprint density at radius 3 is 2.38 bits per heavy atom. The number of anilines is 1. The van der Waals surface area contributed by atoms with Gasteiger partial charge in [-0.05, 0) is 75.1 Å². The quantitative estimate of drug-likeness (QED) is 0.438. The molecule has 1 aromatic carbocycles. The van der Waals surface area contributed by atoms with Crippen LogP contribution in [-0.4, -0.2) is 54.8 Å². The van der Waals surface area contributed by atoms with Gasteiger partial charge in [0.2, 0.25) is 15.9 Å². The molecule has 2 aromatic heterocycles. The second-order valence-electron chi connectivity index (χ2n) is 10.8. The van der Waals surface area contributed by atoms with Gasteiger partial charge in [-0.2, -0.15) is 0 Å². The summed E-state index contributed by atoms with van der Waals surface area (Å²) in [7, 11) is 0.297. The van der Waals surface area contributed by atoms with Gasteiger partial charge < -0.3 is 4.90 Å². The van der Waals surface area contributed by atoms with Crippen LogP contribution in [-0.2, 0) is 16.4 Å². The van der Waals surface area contributed by atoms with Crippen molar-refractivity contribution >= 4 is 32.8 Å². The van der Waals surface area contributed by atoms with Gasteiger partial charge in [-0.1, -0.05) is 38.1 Å². The molecule has 4 rings (SSSR count). The number of hydrogen-bond donors (Lipinski definition) is 1. The van der Waals surface area contributed by atoms with Crippen LogP contribution in [0.3, 0.4) is 0 Å². The van der Waals surface area contributed by atoms with E-state index in [9.17, 15) is 13.2 Å². The van der Waals surface area contributed by atoms with E-state index in [-0.39, 0.29) is 29.5 Å². The first-order valence-electron chi connectivity index (χ1n) is 13.2. The first-order chi connectivity index (χ1) is 17.6. The van der Waals surface area contributed by atoms with Crippen molar-refractivity contribution in [2.75, 3.05) is 24.7 Å². The number of carbonyl (C=O) groups excluding carboxylic acids is 1. The van der Waals surface area contributed by atoms with E-state index in [1.807, 2.05) is 20.0 Å². The Kier molecular flexibility index (Phi) is 8.33. The highest BCUT2D eigenvalue weighted by atomic mass is 32.2. The molecule has 1 atom stereocenters. The Bertz CT molecular complexity index is 1330. The Labute approximate surface area is 220 Å². The number of benzene rings is 1. The van der Waals surface area contributed by atoms with Crippen molar-refractivity contribution in [1.29, 1.82) is 0 Å². The van der Waals surface area contributed by atoms with E-state index in [0.29, 0.717) is 11.6 Å². The van der Waals surface area contributed by atoms with Gasteiger partial charge in [-0.3, -0.25) is 9.36 Å². The predicted octanol–water partition coefficient (Wildman–Crippen LogP) is 4.62. The van der Waals surface area contributed by atoms with Crippen LogP contribution in [0.2, 0.25) is 0 Å². The number of rotatable bonds is 9. The van der Waals surface area contributed by atoms with Crippen LogP contribution >= 0.6 is 0 Å². The van der Waals surface area contributed by atoms with Crippen LogP contribution in [0.4, 0.5) is 5.82 Å². The largest absolute Gasteiger partial charge is 0.356 e. The summed E-state index contributed by atoms with van der Waals surface area (Å²) in [4.78, 5) is 24.7. The van der Waals surface area contributed by atoms with Gasteiger partial charge >= 0.3 is 0 Å². The third-order valence-corrected chi connectivity index (χ3v) is 9.19. The van der Waals surface area contributed by atoms with Gasteiger partial charge in [0.25, 0.3) is 0 Å². The number of nitrogens with zero attached hydrogens (tertiary/aromatic N) is 4. The maximum atomic E-state index is 13.5. The maximum Gasteiger partial charge on any atom is 0.239 e. The highest BCUT2D eigenvalue weighted by Crippen LogP contribution is 2.33. The fourth-order valence-electron chi connectivity index (χ4n) is 5.43. The lowest BCUT2D eigenvalue weighted by Crippen LogP contribution is -2.38. The molecule has 200 valence electrons. The predicted molar refractivity (Wildman–Crippen MR) is 149 cm³/mol. The molecule has 3 aromatic rings. The molecule has 9 heteroatoms. The number of aromatic nitrogens is 3. The monoisotopic (exact) mass is 525 g/mol. The second kappa shape index (κ2) is 11.3. The summed E-state index contributed by atoms with van der Waals surface area (Å²) in [5, 5.41) is 0.845. The van der Waals surface area contributed by atoms with Crippen LogP contribution < -0.4 is 9.62 Å². The van der Waals surface area contributed by atoms with Crippen LogP contribution in [0, 0.1) is 11.8 Å². The van der Waals surface area contributed by atoms with Crippen LogP contribution in [0.25, 0.3) is 11.0 Å². The molecule has 0 amide bonds. The van der Waals surface area contributed by atoms with Gasteiger partial charge in [0.05, 0.1) is 17.1 Å². The second-order valence-corrected chi connectivity index (χ2v) is 12.8. The fourth-order valence-corrected chi connectivity index (χ4v) is 6.55. The fraction of sp³-hybridized carbons (Fsp3) is 0.536. The molecule has 37 heavy (non-hydrogen) atoms. The minimum absolute atomic E-state index is 0.0230. The Hall–Kier alpha value is -2.78. The van der Waals surface area contributed by atoms with E-state index < -0.39 is 10.0 Å². The summed E-state index contributed by atoms with van der Waals surface area (Å²) in [5.41, 5.74) is 2.88. The van der Waals surface area contributed by atoms with Gasteiger partial charge in [-0.25, -0.2) is 23.1 Å². The standard InChI is InChI=1S/C28H39N5O3S/c1-19(2)16-21-6-10-23(11-7-21)20(3)28(34)33-15-14-25-26(30-18-31-27(25)33)32(5)24-12-8-22(9-13-24)17-37(35,36)29-4/h6-7,10-11,14-15,18-20,22,24,29H,8-9,12-13,16-17H2,1-5H3/t20-,22-,24-/m0/s1. The Morgan fingerprint density at radius 2 is 1.76 bits per heavy atom. The molecule has 1 N–H and O–H groups in total. The zero-order chi connectivity index (χ0) is 26.7. The van der Waals surface area contributed by atoms with Crippen LogP contribution in [0.5, 0.6) is 0 Å². The minimum Gasteiger partial charge on any atom is -0.356 e. The molecule has 0 spiro atoms. The number of carbonyl (C=O) groups is 1. The number of nitrogens with one attached hydrogen (secondary N) is 1. The van der Waals surface area contributed by atoms with E-state index in [1.54, 1.807) is 10.8 Å². The molecular formula is C28H39N5O3S. The zero-order valence-electron chi connectivity index (χ0n) is 22.5. The molecule has 0 saturated heterocycles. The van der Waals surface area contributed by atoms with Crippen molar-refractivity contribution in [2.45, 2.75) is 64.8 Å². The Balaban J connectivity index is 1.49. The highest BCUT2D eigenvalue weighted by molar-refractivity contribution is 7.89. The van der Waals surface area contributed by atoms with Crippen molar-refractivity contribution < 1.29 is 13.2 Å². The zero-order valence-corrected chi connectivity index (χ0v) is 23.3. The maximum absolute atomic E-state index is 13.5. The molecule has 0 bridgehead atoms. The van der Waals surface area contributed by atoms with E-state index in [4.69, 9.17) is 0 Å². The molecule has 8 nitrogen and oxygen atoms in total. The molecule has 1 aliphatic rings. The summed E-state index contributed by atoms with van der Waals surface area (Å²) < 4.78 is 27.9. The van der Waals surface area contributed by atoms with Crippen molar-refractivity contribution in [3.05, 3.63) is 54.0 Å². The van der Waals surface area contributed by atoms with Crippen LogP contribution in [0.15, 0.2) is 42.9 Å². The average Bonchev–Trinajstić information content (AvgIpc) is 3.32. The van der Waals surface area contributed by atoms with Gasteiger partial charge in [0, 0.05) is 19.3 Å². The lowest BCUT2D eigenvalue weighted by molar-refractivity contribution is 0.0889. The van der Waals surface area contributed by atoms with Crippen molar-refractivity contribution in [3.8, 4) is 0 Å². The lowest BCUT2D eigenvalue weighted by Gasteiger charge is -2.35. The molecule has 0 aliphatic heterocycles. The molecule has 1 aliphatic carbocycles. The summed E-state index contributed by atoms with van der Waals surface area (Å²) in [6.07, 6.45) is 7.85. The van der Waals surface area contributed by atoms with Crippen LogP contribution in [0.1, 0.15) is 68.3 Å². The lowest BCUT2D eigenvalue weighted by atomic mass is 9.86. The third kappa shape index (κ3) is 6.21. The third-order valence-electron chi connectivity index (χ3n) is 7.66. The summed E-state index contributed by atoms with van der Waals surface area (Å²) in [5.74, 6) is 1.42. The minimum atomic E-state index is -3.20. The van der Waals surface area contributed by atoms with E-state index in [2.05, 4.69) is 57.7 Å². The molecule has 0 radical (unpaired) electrons. The Morgan fingerprint density at radius 1 is 1.08 bits per heavy atom. The highest BCUT2D eigenvalue weighted by Gasteiger charge is 2.29. The summed E-state index contributed by atoms with van der Waals surface area (Å²) >= 11 is 0.